The van der Waals surface area contributed by atoms with E-state index in [4.69, 9.17) is 4.74 Å². The molecule has 1 amide bonds. The van der Waals surface area contributed by atoms with E-state index in [-0.39, 0.29) is 29.4 Å². The summed E-state index contributed by atoms with van der Waals surface area (Å²) in [5.41, 5.74) is 2.34. The average Bonchev–Trinajstić information content (AvgIpc) is 3.41. The zero-order valence-electron chi connectivity index (χ0n) is 19.3. The molecule has 10 nitrogen and oxygen atoms in total. The normalized spacial score (nSPS) is 16.4. The molecule has 1 aliphatic carbocycles. The van der Waals surface area contributed by atoms with Crippen LogP contribution >= 0.6 is 0 Å². The molecule has 3 N–H and O–H groups in total. The predicted molar refractivity (Wildman–Crippen MR) is 128 cm³/mol. The van der Waals surface area contributed by atoms with E-state index in [0.29, 0.717) is 34.4 Å². The molecule has 1 aromatic carbocycles. The summed E-state index contributed by atoms with van der Waals surface area (Å²) in [6, 6.07) is 7.08. The van der Waals surface area contributed by atoms with Gasteiger partial charge in [-0.2, -0.15) is 0 Å². The Morgan fingerprint density at radius 1 is 1.22 bits per heavy atom. The van der Waals surface area contributed by atoms with Gasteiger partial charge in [0.1, 0.15) is 11.9 Å². The Balaban J connectivity index is 1.55. The summed E-state index contributed by atoms with van der Waals surface area (Å²) in [4.78, 5) is 32.1. The van der Waals surface area contributed by atoms with Crippen LogP contribution in [0.4, 0.5) is 26.0 Å². The Kier molecular flexibility index (Phi) is 5.92. The number of alkyl halides is 1. The van der Waals surface area contributed by atoms with Crippen LogP contribution in [0, 0.1) is 5.82 Å². The van der Waals surface area contributed by atoms with E-state index in [1.165, 1.54) is 36.2 Å². The van der Waals surface area contributed by atoms with E-state index in [9.17, 15) is 18.4 Å². The van der Waals surface area contributed by atoms with Crippen LogP contribution in [-0.2, 0) is 0 Å². The lowest BCUT2D eigenvalue weighted by Gasteiger charge is -2.16. The Bertz CT molecular complexity index is 1470. The topological polar surface area (TPSA) is 123 Å². The van der Waals surface area contributed by atoms with Gasteiger partial charge in [0.2, 0.25) is 0 Å². The van der Waals surface area contributed by atoms with Crippen LogP contribution in [0.15, 0.2) is 42.7 Å². The number of ether oxygens (including phenoxy) is 1. The maximum Gasteiger partial charge on any atom is 0.271 e. The van der Waals surface area contributed by atoms with E-state index in [1.54, 1.807) is 25.2 Å². The van der Waals surface area contributed by atoms with Gasteiger partial charge in [-0.3, -0.25) is 14.6 Å². The predicted octanol–water partition coefficient (Wildman–Crippen LogP) is 3.38. The first-order valence-electron chi connectivity index (χ1n) is 11.0. The molecule has 1 fully saturated rings. The van der Waals surface area contributed by atoms with Gasteiger partial charge in [-0.25, -0.2) is 18.3 Å². The van der Waals surface area contributed by atoms with Crippen molar-refractivity contribution < 1.29 is 23.1 Å². The fourth-order valence-electron chi connectivity index (χ4n) is 3.78. The molecule has 5 rings (SSSR count). The highest BCUT2D eigenvalue weighted by molar-refractivity contribution is 5.94. The van der Waals surface area contributed by atoms with Crippen molar-refractivity contribution in [3.8, 4) is 17.0 Å². The third-order valence-corrected chi connectivity index (χ3v) is 5.76. The smallest absolute Gasteiger partial charge is 0.271 e. The maximum atomic E-state index is 15.0. The zero-order valence-corrected chi connectivity index (χ0v) is 19.3. The minimum Gasteiger partial charge on any atom is -0.494 e. The van der Waals surface area contributed by atoms with Gasteiger partial charge < -0.3 is 20.7 Å². The van der Waals surface area contributed by atoms with E-state index >= 15 is 0 Å². The highest BCUT2D eigenvalue weighted by atomic mass is 19.1. The van der Waals surface area contributed by atoms with Crippen molar-refractivity contribution in [1.29, 1.82) is 0 Å². The van der Waals surface area contributed by atoms with E-state index in [0.717, 1.165) is 0 Å². The first kappa shape index (κ1) is 23.1. The minimum atomic E-state index is -1.06. The fourth-order valence-corrected chi connectivity index (χ4v) is 3.78. The molecule has 0 aliphatic heterocycles. The van der Waals surface area contributed by atoms with Gasteiger partial charge in [0, 0.05) is 36.9 Å². The summed E-state index contributed by atoms with van der Waals surface area (Å²) in [5.74, 6) is -0.776. The molecule has 0 radical (unpaired) electrons. The summed E-state index contributed by atoms with van der Waals surface area (Å²) in [7, 11) is 3.06. The number of nitrogens with one attached hydrogen (secondary N) is 3. The number of imidazole rings is 1. The second-order valence-corrected chi connectivity index (χ2v) is 8.13. The number of hydrogen-bond acceptors (Lipinski definition) is 8. The molecule has 4 aromatic rings. The Morgan fingerprint density at radius 2 is 2.03 bits per heavy atom. The molecule has 1 saturated carbocycles. The molecule has 12 heteroatoms. The summed E-state index contributed by atoms with van der Waals surface area (Å²) in [5, 5.41) is 12.9. The summed E-state index contributed by atoms with van der Waals surface area (Å²) >= 11 is 0. The molecule has 0 unspecified atom stereocenters. The number of anilines is 3. The Hall–Kier alpha value is -4.61. The number of benzene rings is 1. The van der Waals surface area contributed by atoms with Crippen LogP contribution in [0.1, 0.15) is 27.3 Å². The van der Waals surface area contributed by atoms with Crippen molar-refractivity contribution in [2.75, 3.05) is 24.8 Å². The number of carbonyl (C=O) groups excluding carboxylic acids is 2. The number of pyridine rings is 1. The molecule has 1 aliphatic rings. The number of methoxy groups -OCH3 is 1. The minimum absolute atomic E-state index is 0.00506. The third-order valence-electron chi connectivity index (χ3n) is 5.76. The average molecular weight is 493 g/mol. The zero-order chi connectivity index (χ0) is 25.4. The molecular formula is C24H21F2N7O3. The largest absolute Gasteiger partial charge is 0.494 e. The standard InChI is InChI=1S/C24H21F2N7O3/c1-27-18-8-20(32-33-19(10-29-23(18)33)24(35)30-17-7-15(17)26)31-21-14(25)5-4-13(22(21)36-2)16-6-3-12(11-34)9-28-16/h3-6,8-11,15,17,27H,7H2,1-2H3,(H,30,35)(H,31,32)/t15-,17+/m0/s1. The van der Waals surface area contributed by atoms with Crippen molar-refractivity contribution in [2.24, 2.45) is 0 Å². The lowest BCUT2D eigenvalue weighted by atomic mass is 10.1. The first-order valence-corrected chi connectivity index (χ1v) is 11.0. The Morgan fingerprint density at radius 3 is 2.67 bits per heavy atom. The Labute approximate surface area is 203 Å². The number of aromatic nitrogens is 4. The molecule has 2 atom stereocenters. The van der Waals surface area contributed by atoms with Crippen molar-refractivity contribution in [2.45, 2.75) is 18.6 Å². The third kappa shape index (κ3) is 4.17. The number of carbonyl (C=O) groups is 2. The van der Waals surface area contributed by atoms with Gasteiger partial charge in [0.05, 0.1) is 30.7 Å². The van der Waals surface area contributed by atoms with Crippen molar-refractivity contribution >= 4 is 35.0 Å². The van der Waals surface area contributed by atoms with Crippen LogP contribution in [0.25, 0.3) is 16.9 Å². The number of nitrogens with zero attached hydrogens (tertiary/aromatic N) is 4. The second kappa shape index (κ2) is 9.21. The van der Waals surface area contributed by atoms with Crippen LogP contribution in [0.3, 0.4) is 0 Å². The number of hydrogen-bond donors (Lipinski definition) is 3. The number of halogens is 2. The van der Waals surface area contributed by atoms with Gasteiger partial charge in [-0.05, 0) is 24.3 Å². The highest BCUT2D eigenvalue weighted by Crippen LogP contribution is 2.39. The lowest BCUT2D eigenvalue weighted by Crippen LogP contribution is -2.28. The molecule has 0 saturated heterocycles. The monoisotopic (exact) mass is 493 g/mol. The van der Waals surface area contributed by atoms with Gasteiger partial charge in [0.25, 0.3) is 5.91 Å². The molecule has 3 aromatic heterocycles. The van der Waals surface area contributed by atoms with Gasteiger partial charge in [-0.1, -0.05) is 0 Å². The van der Waals surface area contributed by atoms with Crippen LogP contribution < -0.4 is 20.7 Å². The number of rotatable bonds is 8. The number of aldehydes is 1. The van der Waals surface area contributed by atoms with Crippen molar-refractivity contribution in [3.05, 3.63) is 59.8 Å². The van der Waals surface area contributed by atoms with Crippen molar-refractivity contribution in [1.82, 2.24) is 24.9 Å². The van der Waals surface area contributed by atoms with E-state index < -0.39 is 23.9 Å². The van der Waals surface area contributed by atoms with Gasteiger partial charge in [-0.15, -0.1) is 5.10 Å². The first-order chi connectivity index (χ1) is 17.4. The molecular weight excluding hydrogens is 472 g/mol. The molecule has 36 heavy (non-hydrogen) atoms. The quantitative estimate of drug-likeness (QED) is 0.320. The van der Waals surface area contributed by atoms with Crippen LogP contribution in [-0.4, -0.2) is 58.1 Å². The van der Waals surface area contributed by atoms with E-state index in [1.807, 2.05) is 0 Å². The van der Waals surface area contributed by atoms with Crippen molar-refractivity contribution in [3.63, 3.8) is 0 Å². The highest BCUT2D eigenvalue weighted by Gasteiger charge is 2.39. The van der Waals surface area contributed by atoms with Gasteiger partial charge >= 0.3 is 0 Å². The van der Waals surface area contributed by atoms with E-state index in [2.05, 4.69) is 31.0 Å². The van der Waals surface area contributed by atoms with Gasteiger partial charge in [0.15, 0.2) is 35.0 Å². The SMILES string of the molecule is CNc1cc(Nc2c(F)ccc(-c3ccc(C=O)cn3)c2OC)nn2c(C(=O)N[C@@H]3C[C@@H]3F)cnc12. The maximum absolute atomic E-state index is 15.0. The second-order valence-electron chi connectivity index (χ2n) is 8.13. The summed E-state index contributed by atoms with van der Waals surface area (Å²) in [6.07, 6.45) is 2.64. The molecule has 0 spiro atoms. The van der Waals surface area contributed by atoms with Crippen LogP contribution in [0.2, 0.25) is 0 Å². The number of amides is 1. The summed E-state index contributed by atoms with van der Waals surface area (Å²) < 4.78 is 35.1. The fraction of sp³-hybridized carbons (Fsp3) is 0.208. The summed E-state index contributed by atoms with van der Waals surface area (Å²) in [6.45, 7) is 0. The molecule has 0 bridgehead atoms. The van der Waals surface area contributed by atoms with Crippen LogP contribution in [0.5, 0.6) is 5.75 Å². The molecule has 3 heterocycles. The lowest BCUT2D eigenvalue weighted by molar-refractivity contribution is 0.0940. The number of fused-ring (bicyclic) bond motifs is 1. The molecule has 184 valence electrons.